The SMILES string of the molecule is COc1cc(C(=O)NCCc2ccc(O)cc2)ccc1O. The number of benzene rings is 2. The van der Waals surface area contributed by atoms with Gasteiger partial charge >= 0.3 is 0 Å². The molecule has 110 valence electrons. The molecule has 2 rings (SSSR count). The quantitative estimate of drug-likeness (QED) is 0.786. The molecular weight excluding hydrogens is 270 g/mol. The minimum Gasteiger partial charge on any atom is -0.508 e. The Labute approximate surface area is 122 Å². The van der Waals surface area contributed by atoms with Gasteiger partial charge in [0.1, 0.15) is 5.75 Å². The number of aromatic hydroxyl groups is 2. The maximum Gasteiger partial charge on any atom is 0.251 e. The summed E-state index contributed by atoms with van der Waals surface area (Å²) in [5.74, 6) is 0.255. The molecule has 0 aromatic heterocycles. The number of methoxy groups -OCH3 is 1. The number of amides is 1. The Hall–Kier alpha value is -2.69. The molecule has 3 N–H and O–H groups in total. The van der Waals surface area contributed by atoms with Crippen LogP contribution in [-0.4, -0.2) is 29.8 Å². The van der Waals surface area contributed by atoms with E-state index < -0.39 is 0 Å². The van der Waals surface area contributed by atoms with Gasteiger partial charge in [-0.25, -0.2) is 0 Å². The minimum absolute atomic E-state index is 0.00172. The second-order valence-corrected chi connectivity index (χ2v) is 4.56. The summed E-state index contributed by atoms with van der Waals surface area (Å²) in [6, 6.07) is 11.3. The highest BCUT2D eigenvalue weighted by Gasteiger charge is 2.09. The van der Waals surface area contributed by atoms with Crippen molar-refractivity contribution in [2.75, 3.05) is 13.7 Å². The van der Waals surface area contributed by atoms with Crippen molar-refractivity contribution in [2.45, 2.75) is 6.42 Å². The smallest absolute Gasteiger partial charge is 0.251 e. The van der Waals surface area contributed by atoms with E-state index in [1.54, 1.807) is 12.1 Å². The molecule has 1 amide bonds. The maximum absolute atomic E-state index is 12.0. The monoisotopic (exact) mass is 287 g/mol. The fraction of sp³-hybridized carbons (Fsp3) is 0.188. The molecule has 0 saturated carbocycles. The molecule has 0 aliphatic carbocycles. The predicted molar refractivity (Wildman–Crippen MR) is 78.8 cm³/mol. The van der Waals surface area contributed by atoms with E-state index in [-0.39, 0.29) is 23.2 Å². The van der Waals surface area contributed by atoms with Gasteiger partial charge in [-0.15, -0.1) is 0 Å². The van der Waals surface area contributed by atoms with Crippen LogP contribution in [0, 0.1) is 0 Å². The van der Waals surface area contributed by atoms with E-state index in [4.69, 9.17) is 4.74 Å². The van der Waals surface area contributed by atoms with Gasteiger partial charge in [-0.2, -0.15) is 0 Å². The second kappa shape index (κ2) is 6.65. The van der Waals surface area contributed by atoms with Gasteiger partial charge in [0.25, 0.3) is 5.91 Å². The number of carbonyl (C=O) groups excluding carboxylic acids is 1. The standard InChI is InChI=1S/C16H17NO4/c1-21-15-10-12(4-7-14(15)19)16(20)17-9-8-11-2-5-13(18)6-3-11/h2-7,10,18-19H,8-9H2,1H3,(H,17,20). The largest absolute Gasteiger partial charge is 0.508 e. The van der Waals surface area contributed by atoms with E-state index in [0.29, 0.717) is 18.5 Å². The van der Waals surface area contributed by atoms with Gasteiger partial charge in [-0.1, -0.05) is 12.1 Å². The summed E-state index contributed by atoms with van der Waals surface area (Å²) in [7, 11) is 1.43. The Kier molecular flexibility index (Phi) is 4.66. The summed E-state index contributed by atoms with van der Waals surface area (Å²) in [5, 5.41) is 21.5. The van der Waals surface area contributed by atoms with Gasteiger partial charge < -0.3 is 20.3 Å². The number of phenols is 2. The highest BCUT2D eigenvalue weighted by atomic mass is 16.5. The Morgan fingerprint density at radius 2 is 1.86 bits per heavy atom. The van der Waals surface area contributed by atoms with Gasteiger partial charge in [0.2, 0.25) is 0 Å². The summed E-state index contributed by atoms with van der Waals surface area (Å²) in [4.78, 5) is 12.0. The lowest BCUT2D eigenvalue weighted by molar-refractivity contribution is 0.0953. The van der Waals surface area contributed by atoms with Gasteiger partial charge in [-0.3, -0.25) is 4.79 Å². The molecule has 0 aliphatic rings. The first-order valence-corrected chi connectivity index (χ1v) is 6.53. The van der Waals surface area contributed by atoms with E-state index in [9.17, 15) is 15.0 Å². The van der Waals surface area contributed by atoms with Crippen LogP contribution >= 0.6 is 0 Å². The predicted octanol–water partition coefficient (Wildman–Crippen LogP) is 2.08. The van der Waals surface area contributed by atoms with Crippen molar-refractivity contribution in [1.82, 2.24) is 5.32 Å². The van der Waals surface area contributed by atoms with Crippen molar-refractivity contribution in [1.29, 1.82) is 0 Å². The fourth-order valence-corrected chi connectivity index (χ4v) is 1.90. The van der Waals surface area contributed by atoms with E-state index >= 15 is 0 Å². The van der Waals surface area contributed by atoms with E-state index in [1.165, 1.54) is 25.3 Å². The van der Waals surface area contributed by atoms with Gasteiger partial charge in [0.05, 0.1) is 7.11 Å². The first-order valence-electron chi connectivity index (χ1n) is 6.53. The third kappa shape index (κ3) is 3.89. The summed E-state index contributed by atoms with van der Waals surface area (Å²) in [6.07, 6.45) is 0.668. The molecule has 0 bridgehead atoms. The third-order valence-corrected chi connectivity index (χ3v) is 3.08. The number of rotatable bonds is 5. The summed E-state index contributed by atoms with van der Waals surface area (Å²) >= 11 is 0. The number of ether oxygens (including phenoxy) is 1. The molecule has 0 aliphatic heterocycles. The molecule has 0 heterocycles. The third-order valence-electron chi connectivity index (χ3n) is 3.08. The number of hydrogen-bond donors (Lipinski definition) is 3. The number of hydrogen-bond acceptors (Lipinski definition) is 4. The average molecular weight is 287 g/mol. The zero-order chi connectivity index (χ0) is 15.2. The van der Waals surface area contributed by atoms with Crippen molar-refractivity contribution in [2.24, 2.45) is 0 Å². The van der Waals surface area contributed by atoms with E-state index in [2.05, 4.69) is 5.32 Å². The van der Waals surface area contributed by atoms with Crippen LogP contribution in [0.4, 0.5) is 0 Å². The van der Waals surface area contributed by atoms with Crippen molar-refractivity contribution < 1.29 is 19.7 Å². The van der Waals surface area contributed by atoms with Crippen molar-refractivity contribution >= 4 is 5.91 Å². The van der Waals surface area contributed by atoms with Gasteiger partial charge in [-0.05, 0) is 42.3 Å². The normalized spacial score (nSPS) is 10.1. The van der Waals surface area contributed by atoms with Crippen LogP contribution in [0.25, 0.3) is 0 Å². The molecule has 21 heavy (non-hydrogen) atoms. The molecule has 5 nitrogen and oxygen atoms in total. The van der Waals surface area contributed by atoms with Crippen LogP contribution in [-0.2, 0) is 6.42 Å². The van der Waals surface area contributed by atoms with Crippen LogP contribution in [0.5, 0.6) is 17.2 Å². The van der Waals surface area contributed by atoms with Crippen LogP contribution in [0.1, 0.15) is 15.9 Å². The molecule has 0 fully saturated rings. The highest BCUT2D eigenvalue weighted by molar-refractivity contribution is 5.94. The molecule has 2 aromatic rings. The second-order valence-electron chi connectivity index (χ2n) is 4.56. The number of carbonyl (C=O) groups is 1. The van der Waals surface area contributed by atoms with Crippen LogP contribution < -0.4 is 10.1 Å². The average Bonchev–Trinajstić information content (AvgIpc) is 2.49. The molecular formula is C16H17NO4. The van der Waals surface area contributed by atoms with Crippen LogP contribution in [0.2, 0.25) is 0 Å². The van der Waals surface area contributed by atoms with Gasteiger partial charge in [0.15, 0.2) is 11.5 Å². The number of phenolic OH excluding ortho intramolecular Hbond substituents is 2. The Morgan fingerprint density at radius 1 is 1.14 bits per heavy atom. The molecule has 2 aromatic carbocycles. The maximum atomic E-state index is 12.0. The fourth-order valence-electron chi connectivity index (χ4n) is 1.90. The highest BCUT2D eigenvalue weighted by Crippen LogP contribution is 2.26. The molecule has 0 unspecified atom stereocenters. The summed E-state index contributed by atoms with van der Waals surface area (Å²) in [5.41, 5.74) is 1.45. The Morgan fingerprint density at radius 3 is 2.52 bits per heavy atom. The first-order chi connectivity index (χ1) is 10.1. The van der Waals surface area contributed by atoms with E-state index in [0.717, 1.165) is 5.56 Å². The molecule has 5 heteroatoms. The zero-order valence-corrected chi connectivity index (χ0v) is 11.7. The summed E-state index contributed by atoms with van der Waals surface area (Å²) < 4.78 is 4.97. The minimum atomic E-state index is -0.230. The topological polar surface area (TPSA) is 78.8 Å². The lowest BCUT2D eigenvalue weighted by Gasteiger charge is -2.08. The Bertz CT molecular complexity index is 623. The lowest BCUT2D eigenvalue weighted by Crippen LogP contribution is -2.25. The van der Waals surface area contributed by atoms with Crippen molar-refractivity contribution in [3.63, 3.8) is 0 Å². The molecule has 0 radical (unpaired) electrons. The van der Waals surface area contributed by atoms with Crippen LogP contribution in [0.15, 0.2) is 42.5 Å². The molecule has 0 spiro atoms. The van der Waals surface area contributed by atoms with E-state index in [1.807, 2.05) is 12.1 Å². The summed E-state index contributed by atoms with van der Waals surface area (Å²) in [6.45, 7) is 0.479. The Balaban J connectivity index is 1.91. The lowest BCUT2D eigenvalue weighted by atomic mass is 10.1. The van der Waals surface area contributed by atoms with Crippen molar-refractivity contribution in [3.8, 4) is 17.2 Å². The first kappa shape index (κ1) is 14.7. The zero-order valence-electron chi connectivity index (χ0n) is 11.7. The number of nitrogens with one attached hydrogen (secondary N) is 1. The van der Waals surface area contributed by atoms with Crippen molar-refractivity contribution in [3.05, 3.63) is 53.6 Å². The van der Waals surface area contributed by atoms with Gasteiger partial charge in [0, 0.05) is 12.1 Å². The molecule has 0 saturated heterocycles. The van der Waals surface area contributed by atoms with Crippen LogP contribution in [0.3, 0.4) is 0 Å². The molecule has 0 atom stereocenters.